The second-order valence-electron chi connectivity index (χ2n) is 4.44. The first-order valence-electron chi connectivity index (χ1n) is 5.84. The maximum Gasteiger partial charge on any atom is 0.0330 e. The zero-order valence-corrected chi connectivity index (χ0v) is 11.9. The van der Waals surface area contributed by atoms with Gasteiger partial charge in [-0.05, 0) is 62.9 Å². The SMILES string of the molecule is CNC(CCSC)c1c(C)cc(C)cc1C. The number of hydrogen-bond acceptors (Lipinski definition) is 2. The van der Waals surface area contributed by atoms with Crippen LogP contribution < -0.4 is 5.32 Å². The summed E-state index contributed by atoms with van der Waals surface area (Å²) in [7, 11) is 2.06. The fraction of sp³-hybridized carbons (Fsp3) is 0.571. The number of hydrogen-bond donors (Lipinski definition) is 1. The van der Waals surface area contributed by atoms with Gasteiger partial charge >= 0.3 is 0 Å². The highest BCUT2D eigenvalue weighted by Crippen LogP contribution is 2.26. The Kier molecular flexibility index (Phi) is 5.36. The Labute approximate surface area is 104 Å². The third-order valence-electron chi connectivity index (χ3n) is 3.05. The van der Waals surface area contributed by atoms with E-state index in [-0.39, 0.29) is 0 Å². The van der Waals surface area contributed by atoms with E-state index in [2.05, 4.69) is 51.5 Å². The van der Waals surface area contributed by atoms with Crippen molar-refractivity contribution >= 4 is 11.8 Å². The predicted octanol–water partition coefficient (Wildman–Crippen LogP) is 3.63. The Morgan fingerprint density at radius 2 is 1.75 bits per heavy atom. The molecular weight excluding hydrogens is 214 g/mol. The molecule has 1 N–H and O–H groups in total. The van der Waals surface area contributed by atoms with Crippen molar-refractivity contribution in [2.75, 3.05) is 19.1 Å². The van der Waals surface area contributed by atoms with Crippen LogP contribution in [0.2, 0.25) is 0 Å². The molecule has 1 atom stereocenters. The van der Waals surface area contributed by atoms with Gasteiger partial charge in [0.25, 0.3) is 0 Å². The molecule has 0 aliphatic heterocycles. The van der Waals surface area contributed by atoms with E-state index in [4.69, 9.17) is 0 Å². The lowest BCUT2D eigenvalue weighted by molar-refractivity contribution is 0.575. The first-order valence-corrected chi connectivity index (χ1v) is 7.23. The van der Waals surface area contributed by atoms with Crippen molar-refractivity contribution in [1.29, 1.82) is 0 Å². The van der Waals surface area contributed by atoms with Gasteiger partial charge in [0.2, 0.25) is 0 Å². The van der Waals surface area contributed by atoms with Crippen LogP contribution in [-0.2, 0) is 0 Å². The molecule has 1 unspecified atom stereocenters. The third kappa shape index (κ3) is 3.26. The molecule has 0 aliphatic rings. The van der Waals surface area contributed by atoms with Crippen LogP contribution in [0.3, 0.4) is 0 Å². The molecule has 0 aliphatic carbocycles. The summed E-state index contributed by atoms with van der Waals surface area (Å²) in [6.45, 7) is 6.61. The van der Waals surface area contributed by atoms with Gasteiger partial charge in [-0.1, -0.05) is 17.7 Å². The molecule has 0 amide bonds. The summed E-state index contributed by atoms with van der Waals surface area (Å²) in [6, 6.07) is 5.06. The highest BCUT2D eigenvalue weighted by molar-refractivity contribution is 7.98. The van der Waals surface area contributed by atoms with Crippen LogP contribution in [0.4, 0.5) is 0 Å². The average molecular weight is 237 g/mol. The Balaban J connectivity index is 2.99. The van der Waals surface area contributed by atoms with Crippen molar-refractivity contribution in [1.82, 2.24) is 5.32 Å². The Morgan fingerprint density at radius 1 is 1.19 bits per heavy atom. The molecule has 1 aromatic carbocycles. The van der Waals surface area contributed by atoms with E-state index in [0.29, 0.717) is 6.04 Å². The van der Waals surface area contributed by atoms with Gasteiger partial charge in [-0.3, -0.25) is 0 Å². The molecule has 0 bridgehead atoms. The molecule has 0 heterocycles. The van der Waals surface area contributed by atoms with Gasteiger partial charge in [0.15, 0.2) is 0 Å². The maximum atomic E-state index is 3.44. The molecule has 0 aromatic heterocycles. The van der Waals surface area contributed by atoms with Crippen LogP contribution in [0.1, 0.15) is 34.7 Å². The first-order chi connectivity index (χ1) is 7.60. The van der Waals surface area contributed by atoms with E-state index in [9.17, 15) is 0 Å². The quantitative estimate of drug-likeness (QED) is 0.839. The summed E-state index contributed by atoms with van der Waals surface area (Å²) in [5.41, 5.74) is 5.68. The standard InChI is InChI=1S/C14H23NS/c1-10-8-11(2)14(12(3)9-10)13(15-4)6-7-16-5/h8-9,13,15H,6-7H2,1-5H3. The third-order valence-corrected chi connectivity index (χ3v) is 3.69. The number of aryl methyl sites for hydroxylation is 3. The smallest absolute Gasteiger partial charge is 0.0330 e. The lowest BCUT2D eigenvalue weighted by Crippen LogP contribution is -2.19. The van der Waals surface area contributed by atoms with E-state index in [0.717, 1.165) is 0 Å². The van der Waals surface area contributed by atoms with Crippen LogP contribution in [0.5, 0.6) is 0 Å². The van der Waals surface area contributed by atoms with Gasteiger partial charge in [0, 0.05) is 6.04 Å². The fourth-order valence-corrected chi connectivity index (χ4v) is 2.88. The van der Waals surface area contributed by atoms with E-state index in [1.165, 1.54) is 34.4 Å². The zero-order valence-electron chi connectivity index (χ0n) is 11.1. The molecule has 1 aromatic rings. The maximum absolute atomic E-state index is 3.44. The number of nitrogens with one attached hydrogen (secondary N) is 1. The van der Waals surface area contributed by atoms with E-state index >= 15 is 0 Å². The second kappa shape index (κ2) is 6.31. The molecule has 1 nitrogen and oxygen atoms in total. The summed E-state index contributed by atoms with van der Waals surface area (Å²) < 4.78 is 0. The second-order valence-corrected chi connectivity index (χ2v) is 5.42. The summed E-state index contributed by atoms with van der Waals surface area (Å²) in [4.78, 5) is 0. The van der Waals surface area contributed by atoms with Crippen molar-refractivity contribution in [2.45, 2.75) is 33.2 Å². The zero-order chi connectivity index (χ0) is 12.1. The van der Waals surface area contributed by atoms with Crippen molar-refractivity contribution in [3.8, 4) is 0 Å². The monoisotopic (exact) mass is 237 g/mol. The molecule has 90 valence electrons. The largest absolute Gasteiger partial charge is 0.313 e. The minimum atomic E-state index is 0.494. The molecule has 0 fully saturated rings. The average Bonchev–Trinajstić information content (AvgIpc) is 2.21. The van der Waals surface area contributed by atoms with E-state index in [1.807, 2.05) is 11.8 Å². The van der Waals surface area contributed by atoms with Crippen molar-refractivity contribution in [3.05, 3.63) is 34.4 Å². The summed E-state index contributed by atoms with van der Waals surface area (Å²) >= 11 is 1.91. The van der Waals surface area contributed by atoms with E-state index < -0.39 is 0 Å². The number of thioether (sulfide) groups is 1. The fourth-order valence-electron chi connectivity index (χ4n) is 2.41. The Bertz CT molecular complexity index is 324. The summed E-state index contributed by atoms with van der Waals surface area (Å²) in [5, 5.41) is 3.44. The van der Waals surface area contributed by atoms with Crippen molar-refractivity contribution < 1.29 is 0 Å². The first kappa shape index (κ1) is 13.6. The minimum absolute atomic E-state index is 0.494. The van der Waals surface area contributed by atoms with Gasteiger partial charge in [-0.15, -0.1) is 0 Å². The minimum Gasteiger partial charge on any atom is -0.313 e. The molecule has 16 heavy (non-hydrogen) atoms. The molecule has 0 saturated carbocycles. The lowest BCUT2D eigenvalue weighted by atomic mass is 9.93. The molecular formula is C14H23NS. The van der Waals surface area contributed by atoms with Gasteiger partial charge in [0.05, 0.1) is 0 Å². The van der Waals surface area contributed by atoms with Crippen LogP contribution in [-0.4, -0.2) is 19.1 Å². The van der Waals surface area contributed by atoms with Crippen LogP contribution in [0.25, 0.3) is 0 Å². The van der Waals surface area contributed by atoms with Crippen LogP contribution in [0, 0.1) is 20.8 Å². The topological polar surface area (TPSA) is 12.0 Å². The molecule has 0 spiro atoms. The van der Waals surface area contributed by atoms with Crippen LogP contribution in [0.15, 0.2) is 12.1 Å². The summed E-state index contributed by atoms with van der Waals surface area (Å²) in [6.07, 6.45) is 3.37. The highest BCUT2D eigenvalue weighted by Gasteiger charge is 2.14. The lowest BCUT2D eigenvalue weighted by Gasteiger charge is -2.21. The number of rotatable bonds is 5. The molecule has 1 rings (SSSR count). The van der Waals surface area contributed by atoms with Crippen LogP contribution >= 0.6 is 11.8 Å². The Morgan fingerprint density at radius 3 is 2.19 bits per heavy atom. The van der Waals surface area contributed by atoms with Gasteiger partial charge in [-0.25, -0.2) is 0 Å². The molecule has 0 radical (unpaired) electrons. The van der Waals surface area contributed by atoms with Crippen molar-refractivity contribution in [3.63, 3.8) is 0 Å². The Hall–Kier alpha value is -0.470. The van der Waals surface area contributed by atoms with Gasteiger partial charge in [-0.2, -0.15) is 11.8 Å². The summed E-state index contributed by atoms with van der Waals surface area (Å²) in [5.74, 6) is 1.21. The number of benzene rings is 1. The van der Waals surface area contributed by atoms with Gasteiger partial charge < -0.3 is 5.32 Å². The molecule has 2 heteroatoms. The van der Waals surface area contributed by atoms with Crippen molar-refractivity contribution in [2.24, 2.45) is 0 Å². The predicted molar refractivity (Wildman–Crippen MR) is 75.5 cm³/mol. The highest BCUT2D eigenvalue weighted by atomic mass is 32.2. The normalized spacial score (nSPS) is 12.8. The van der Waals surface area contributed by atoms with Gasteiger partial charge in [0.1, 0.15) is 0 Å². The van der Waals surface area contributed by atoms with E-state index in [1.54, 1.807) is 0 Å². The molecule has 0 saturated heterocycles.